The Labute approximate surface area is 198 Å². The van der Waals surface area contributed by atoms with Crippen molar-refractivity contribution >= 4 is 21.4 Å². The standard InChI is InChI=1S/C25H39FN2O4S/c1-17-14-28(15-18(2)32-17)22-8-7-21(24(26)19(22)3)13-23(29)27-11-9-20(10-12-27)16-33(30,31)25(4,5)6/h7-8,17-18,20H,9-16H2,1-6H3/t17-,18+. The van der Waals surface area contributed by atoms with Gasteiger partial charge in [-0.3, -0.25) is 4.79 Å². The minimum absolute atomic E-state index is 0.0217. The lowest BCUT2D eigenvalue weighted by Crippen LogP contribution is -2.45. The summed E-state index contributed by atoms with van der Waals surface area (Å²) in [5, 5.41) is 0. The van der Waals surface area contributed by atoms with Crippen LogP contribution in [0.5, 0.6) is 0 Å². The van der Waals surface area contributed by atoms with E-state index in [0.717, 1.165) is 5.69 Å². The van der Waals surface area contributed by atoms with Crippen molar-refractivity contribution in [2.75, 3.05) is 36.8 Å². The number of piperidine rings is 1. The molecule has 0 aromatic heterocycles. The second-order valence-corrected chi connectivity index (χ2v) is 13.5. The van der Waals surface area contributed by atoms with Gasteiger partial charge in [0.2, 0.25) is 5.91 Å². The van der Waals surface area contributed by atoms with Crippen LogP contribution < -0.4 is 4.90 Å². The van der Waals surface area contributed by atoms with Crippen LogP contribution in [0.2, 0.25) is 0 Å². The largest absolute Gasteiger partial charge is 0.372 e. The number of anilines is 1. The highest BCUT2D eigenvalue weighted by Crippen LogP contribution is 2.29. The zero-order valence-corrected chi connectivity index (χ0v) is 21.7. The molecule has 1 amide bonds. The fraction of sp³-hybridized carbons (Fsp3) is 0.720. The molecule has 1 aromatic carbocycles. The number of halogens is 1. The number of sulfone groups is 1. The van der Waals surface area contributed by atoms with Gasteiger partial charge in [0.1, 0.15) is 5.82 Å². The second kappa shape index (κ2) is 9.90. The minimum atomic E-state index is -3.18. The summed E-state index contributed by atoms with van der Waals surface area (Å²) in [4.78, 5) is 16.8. The molecule has 2 heterocycles. The molecule has 33 heavy (non-hydrogen) atoms. The fourth-order valence-electron chi connectivity index (χ4n) is 4.77. The van der Waals surface area contributed by atoms with Gasteiger partial charge < -0.3 is 14.5 Å². The number of hydrogen-bond donors (Lipinski definition) is 0. The molecule has 0 N–H and O–H groups in total. The first-order chi connectivity index (χ1) is 15.3. The SMILES string of the molecule is Cc1c(N2C[C@@H](C)O[C@@H](C)C2)ccc(CC(=O)N2CCC(CS(=O)(=O)C(C)(C)C)CC2)c1F. The Morgan fingerprint density at radius 1 is 1.12 bits per heavy atom. The maximum absolute atomic E-state index is 15.2. The summed E-state index contributed by atoms with van der Waals surface area (Å²) in [6, 6.07) is 3.64. The number of likely N-dealkylation sites (tertiary alicyclic amines) is 1. The molecule has 6 nitrogen and oxygen atoms in total. The predicted molar refractivity (Wildman–Crippen MR) is 130 cm³/mol. The van der Waals surface area contributed by atoms with Crippen molar-refractivity contribution in [2.24, 2.45) is 5.92 Å². The van der Waals surface area contributed by atoms with Crippen LogP contribution in [0.25, 0.3) is 0 Å². The van der Waals surface area contributed by atoms with Gasteiger partial charge in [0.05, 0.1) is 29.1 Å². The number of morpholine rings is 1. The van der Waals surface area contributed by atoms with Crippen LogP contribution in [-0.4, -0.2) is 68.1 Å². The molecule has 2 fully saturated rings. The first-order valence-electron chi connectivity index (χ1n) is 12.0. The topological polar surface area (TPSA) is 66.9 Å². The Hall–Kier alpha value is -1.67. The summed E-state index contributed by atoms with van der Waals surface area (Å²) in [6.07, 6.45) is 1.51. The highest BCUT2D eigenvalue weighted by atomic mass is 32.2. The van der Waals surface area contributed by atoms with E-state index in [2.05, 4.69) is 4.90 Å². The number of ether oxygens (including phenoxy) is 1. The molecule has 2 atom stereocenters. The van der Waals surface area contributed by atoms with Gasteiger partial charge in [-0.1, -0.05) is 6.07 Å². The maximum Gasteiger partial charge on any atom is 0.227 e. The lowest BCUT2D eigenvalue weighted by atomic mass is 9.98. The molecule has 0 radical (unpaired) electrons. The maximum atomic E-state index is 15.2. The van der Waals surface area contributed by atoms with Crippen molar-refractivity contribution in [1.29, 1.82) is 0 Å². The van der Waals surface area contributed by atoms with Gasteiger partial charge in [0.25, 0.3) is 0 Å². The van der Waals surface area contributed by atoms with Crippen LogP contribution in [0.4, 0.5) is 10.1 Å². The summed E-state index contributed by atoms with van der Waals surface area (Å²) in [5.41, 5.74) is 1.83. The lowest BCUT2D eigenvalue weighted by Gasteiger charge is -2.37. The number of carbonyl (C=O) groups is 1. The molecule has 2 aliphatic heterocycles. The summed E-state index contributed by atoms with van der Waals surface area (Å²) < 4.78 is 45.2. The molecule has 0 bridgehead atoms. The third-order valence-corrected chi connectivity index (χ3v) is 9.67. The third-order valence-electron chi connectivity index (χ3n) is 6.90. The number of rotatable bonds is 5. The molecule has 0 aliphatic carbocycles. The molecule has 1 aromatic rings. The number of hydrogen-bond acceptors (Lipinski definition) is 5. The molecule has 8 heteroatoms. The van der Waals surface area contributed by atoms with E-state index in [1.54, 1.807) is 38.7 Å². The van der Waals surface area contributed by atoms with Gasteiger partial charge in [0.15, 0.2) is 9.84 Å². The molecule has 186 valence electrons. The number of carbonyl (C=O) groups excluding carboxylic acids is 1. The van der Waals surface area contributed by atoms with Crippen molar-refractivity contribution in [2.45, 2.75) is 77.8 Å². The number of benzene rings is 1. The normalized spacial score (nSPS) is 23.1. The van der Waals surface area contributed by atoms with Crippen molar-refractivity contribution in [3.63, 3.8) is 0 Å². The number of amides is 1. The summed E-state index contributed by atoms with van der Waals surface area (Å²) in [6.45, 7) is 13.4. The van der Waals surface area contributed by atoms with E-state index in [9.17, 15) is 13.2 Å². The molecule has 3 rings (SSSR count). The van der Waals surface area contributed by atoms with Crippen LogP contribution in [0.1, 0.15) is 58.6 Å². The second-order valence-electron chi connectivity index (χ2n) is 10.7. The van der Waals surface area contributed by atoms with Gasteiger partial charge in [0, 0.05) is 37.4 Å². The third kappa shape index (κ3) is 6.07. The Bertz CT molecular complexity index is 955. The van der Waals surface area contributed by atoms with E-state index in [4.69, 9.17) is 4.74 Å². The van der Waals surface area contributed by atoms with Crippen molar-refractivity contribution < 1.29 is 22.3 Å². The van der Waals surface area contributed by atoms with Crippen molar-refractivity contribution in [1.82, 2.24) is 4.90 Å². The summed E-state index contributed by atoms with van der Waals surface area (Å²) in [7, 11) is -3.18. The Kier molecular flexibility index (Phi) is 7.79. The van der Waals surface area contributed by atoms with E-state index in [1.165, 1.54) is 0 Å². The zero-order valence-electron chi connectivity index (χ0n) is 20.9. The number of nitrogens with zero attached hydrogens (tertiary/aromatic N) is 2. The Balaban J connectivity index is 1.60. The first kappa shape index (κ1) is 25.9. The molecular formula is C25H39FN2O4S. The molecule has 0 saturated carbocycles. The predicted octanol–water partition coefficient (Wildman–Crippen LogP) is 3.74. The van der Waals surface area contributed by atoms with Crippen molar-refractivity contribution in [3.8, 4) is 0 Å². The van der Waals surface area contributed by atoms with E-state index in [1.807, 2.05) is 19.9 Å². The zero-order chi connectivity index (χ0) is 24.6. The average Bonchev–Trinajstić information content (AvgIpc) is 2.70. The minimum Gasteiger partial charge on any atom is -0.372 e. The Morgan fingerprint density at radius 3 is 2.24 bits per heavy atom. The van der Waals surface area contributed by atoms with Gasteiger partial charge >= 0.3 is 0 Å². The van der Waals surface area contributed by atoms with Crippen LogP contribution in [0.15, 0.2) is 12.1 Å². The molecule has 0 unspecified atom stereocenters. The first-order valence-corrected chi connectivity index (χ1v) is 13.6. The summed E-state index contributed by atoms with van der Waals surface area (Å²) in [5.74, 6) is -0.201. The van der Waals surface area contributed by atoms with E-state index >= 15 is 4.39 Å². The summed E-state index contributed by atoms with van der Waals surface area (Å²) >= 11 is 0. The molecule has 2 aliphatic rings. The van der Waals surface area contributed by atoms with Gasteiger partial charge in [-0.2, -0.15) is 0 Å². The van der Waals surface area contributed by atoms with E-state index < -0.39 is 14.6 Å². The highest BCUT2D eigenvalue weighted by Gasteiger charge is 2.34. The molecular weight excluding hydrogens is 443 g/mol. The van der Waals surface area contributed by atoms with E-state index in [0.29, 0.717) is 50.1 Å². The van der Waals surface area contributed by atoms with Crippen molar-refractivity contribution in [3.05, 3.63) is 29.1 Å². The van der Waals surface area contributed by atoms with Crippen LogP contribution >= 0.6 is 0 Å². The van der Waals surface area contributed by atoms with E-state index in [-0.39, 0.29) is 42.0 Å². The van der Waals surface area contributed by atoms with Gasteiger partial charge in [-0.15, -0.1) is 0 Å². The highest BCUT2D eigenvalue weighted by molar-refractivity contribution is 7.92. The smallest absolute Gasteiger partial charge is 0.227 e. The molecule has 0 spiro atoms. The average molecular weight is 483 g/mol. The quantitative estimate of drug-likeness (QED) is 0.640. The molecule has 2 saturated heterocycles. The van der Waals surface area contributed by atoms with Gasteiger partial charge in [-0.05, 0) is 71.9 Å². The fourth-order valence-corrected chi connectivity index (χ4v) is 6.22. The Morgan fingerprint density at radius 2 is 1.70 bits per heavy atom. The van der Waals surface area contributed by atoms with Crippen LogP contribution in [0.3, 0.4) is 0 Å². The van der Waals surface area contributed by atoms with Crippen LogP contribution in [-0.2, 0) is 25.8 Å². The monoisotopic (exact) mass is 482 g/mol. The van der Waals surface area contributed by atoms with Crippen LogP contribution in [0, 0.1) is 18.7 Å². The lowest BCUT2D eigenvalue weighted by molar-refractivity contribution is -0.131. The van der Waals surface area contributed by atoms with Gasteiger partial charge in [-0.25, -0.2) is 12.8 Å².